The molecule has 0 saturated heterocycles. The number of anilines is 1. The SMILES string of the molecule is CN(Cc1ccccn1)Cc1ccc(N)cn1. The summed E-state index contributed by atoms with van der Waals surface area (Å²) < 4.78 is 0. The fraction of sp³-hybridized carbons (Fsp3) is 0.231. The van der Waals surface area contributed by atoms with Crippen molar-refractivity contribution >= 4 is 5.69 Å². The van der Waals surface area contributed by atoms with Crippen molar-refractivity contribution in [3.05, 3.63) is 54.1 Å². The summed E-state index contributed by atoms with van der Waals surface area (Å²) in [5, 5.41) is 0. The van der Waals surface area contributed by atoms with E-state index in [2.05, 4.69) is 14.9 Å². The second-order valence-electron chi connectivity index (χ2n) is 4.08. The first-order valence-corrected chi connectivity index (χ1v) is 5.53. The quantitative estimate of drug-likeness (QED) is 0.865. The molecule has 0 radical (unpaired) electrons. The summed E-state index contributed by atoms with van der Waals surface area (Å²) in [7, 11) is 2.05. The number of nitrogens with two attached hydrogens (primary N) is 1. The summed E-state index contributed by atoms with van der Waals surface area (Å²) in [4.78, 5) is 10.7. The molecule has 0 spiro atoms. The Morgan fingerprint density at radius 1 is 1.06 bits per heavy atom. The average Bonchev–Trinajstić information content (AvgIpc) is 2.33. The van der Waals surface area contributed by atoms with Gasteiger partial charge in [0.15, 0.2) is 0 Å². The van der Waals surface area contributed by atoms with E-state index in [1.807, 2.05) is 43.6 Å². The third kappa shape index (κ3) is 3.53. The third-order valence-electron chi connectivity index (χ3n) is 2.44. The van der Waals surface area contributed by atoms with Gasteiger partial charge in [0.05, 0.1) is 23.3 Å². The van der Waals surface area contributed by atoms with Crippen molar-refractivity contribution in [2.75, 3.05) is 12.8 Å². The lowest BCUT2D eigenvalue weighted by molar-refractivity contribution is 0.311. The molecule has 0 aliphatic heterocycles. The lowest BCUT2D eigenvalue weighted by Gasteiger charge is -2.15. The van der Waals surface area contributed by atoms with Crippen molar-refractivity contribution < 1.29 is 0 Å². The molecular formula is C13H16N4. The largest absolute Gasteiger partial charge is 0.397 e. The maximum atomic E-state index is 5.59. The van der Waals surface area contributed by atoms with Gasteiger partial charge in [-0.1, -0.05) is 6.07 Å². The Kier molecular flexibility index (Phi) is 3.67. The van der Waals surface area contributed by atoms with Gasteiger partial charge < -0.3 is 5.73 Å². The highest BCUT2D eigenvalue weighted by Crippen LogP contribution is 2.06. The summed E-state index contributed by atoms with van der Waals surface area (Å²) in [6.45, 7) is 1.60. The minimum Gasteiger partial charge on any atom is -0.397 e. The van der Waals surface area contributed by atoms with Gasteiger partial charge in [0, 0.05) is 19.3 Å². The highest BCUT2D eigenvalue weighted by Gasteiger charge is 2.03. The Morgan fingerprint density at radius 2 is 1.82 bits per heavy atom. The van der Waals surface area contributed by atoms with Gasteiger partial charge in [-0.25, -0.2) is 0 Å². The Bertz CT molecular complexity index is 453. The van der Waals surface area contributed by atoms with E-state index in [-0.39, 0.29) is 0 Å². The van der Waals surface area contributed by atoms with Crippen molar-refractivity contribution in [3.8, 4) is 0 Å². The van der Waals surface area contributed by atoms with E-state index in [9.17, 15) is 0 Å². The van der Waals surface area contributed by atoms with Crippen molar-refractivity contribution in [1.29, 1.82) is 0 Å². The monoisotopic (exact) mass is 228 g/mol. The molecule has 0 bridgehead atoms. The van der Waals surface area contributed by atoms with E-state index in [1.165, 1.54) is 0 Å². The molecule has 0 fully saturated rings. The molecule has 2 rings (SSSR count). The number of hydrogen-bond donors (Lipinski definition) is 1. The van der Waals surface area contributed by atoms with Crippen LogP contribution in [0.1, 0.15) is 11.4 Å². The van der Waals surface area contributed by atoms with E-state index in [0.29, 0.717) is 5.69 Å². The molecule has 0 aliphatic carbocycles. The second-order valence-corrected chi connectivity index (χ2v) is 4.08. The van der Waals surface area contributed by atoms with Crippen LogP contribution < -0.4 is 5.73 Å². The van der Waals surface area contributed by atoms with Crippen molar-refractivity contribution in [3.63, 3.8) is 0 Å². The number of hydrogen-bond acceptors (Lipinski definition) is 4. The summed E-state index contributed by atoms with van der Waals surface area (Å²) in [5.41, 5.74) is 8.36. The van der Waals surface area contributed by atoms with Crippen LogP contribution in [0.15, 0.2) is 42.7 Å². The van der Waals surface area contributed by atoms with Crippen LogP contribution >= 0.6 is 0 Å². The topological polar surface area (TPSA) is 55.0 Å². The minimum absolute atomic E-state index is 0.695. The van der Waals surface area contributed by atoms with Gasteiger partial charge >= 0.3 is 0 Å². The van der Waals surface area contributed by atoms with Crippen LogP contribution in [0.2, 0.25) is 0 Å². The van der Waals surface area contributed by atoms with E-state index in [0.717, 1.165) is 24.5 Å². The summed E-state index contributed by atoms with van der Waals surface area (Å²) in [6.07, 6.45) is 3.49. The fourth-order valence-electron chi connectivity index (χ4n) is 1.63. The highest BCUT2D eigenvalue weighted by atomic mass is 15.1. The average molecular weight is 228 g/mol. The minimum atomic E-state index is 0.695. The zero-order valence-electron chi connectivity index (χ0n) is 9.87. The Balaban J connectivity index is 1.93. The molecular weight excluding hydrogens is 212 g/mol. The van der Waals surface area contributed by atoms with Gasteiger partial charge in [-0.15, -0.1) is 0 Å². The lowest BCUT2D eigenvalue weighted by atomic mass is 10.3. The van der Waals surface area contributed by atoms with Gasteiger partial charge in [-0.3, -0.25) is 14.9 Å². The van der Waals surface area contributed by atoms with E-state index in [4.69, 9.17) is 5.73 Å². The van der Waals surface area contributed by atoms with Gasteiger partial charge in [0.1, 0.15) is 0 Å². The van der Waals surface area contributed by atoms with Crippen LogP contribution in [0.5, 0.6) is 0 Å². The molecule has 0 aromatic carbocycles. The standard InChI is InChI=1S/C13H16N4/c1-17(9-12-4-2-3-7-15-12)10-13-6-5-11(14)8-16-13/h2-8H,9-10,14H2,1H3. The van der Waals surface area contributed by atoms with Crippen LogP contribution in [0.25, 0.3) is 0 Å². The number of nitrogens with zero attached hydrogens (tertiary/aromatic N) is 3. The molecule has 2 aromatic rings. The smallest absolute Gasteiger partial charge is 0.0545 e. The predicted octanol–water partition coefficient (Wildman–Crippen LogP) is 1.69. The Morgan fingerprint density at radius 3 is 2.41 bits per heavy atom. The number of rotatable bonds is 4. The van der Waals surface area contributed by atoms with Gasteiger partial charge in [-0.05, 0) is 31.3 Å². The van der Waals surface area contributed by atoms with E-state index in [1.54, 1.807) is 6.20 Å². The second kappa shape index (κ2) is 5.41. The molecule has 88 valence electrons. The predicted molar refractivity (Wildman–Crippen MR) is 68.1 cm³/mol. The van der Waals surface area contributed by atoms with E-state index >= 15 is 0 Å². The van der Waals surface area contributed by atoms with Crippen LogP contribution in [0.4, 0.5) is 5.69 Å². The Labute approximate surface area is 101 Å². The zero-order chi connectivity index (χ0) is 12.1. The first-order valence-electron chi connectivity index (χ1n) is 5.53. The molecule has 0 saturated carbocycles. The molecule has 17 heavy (non-hydrogen) atoms. The lowest BCUT2D eigenvalue weighted by Crippen LogP contribution is -2.18. The van der Waals surface area contributed by atoms with Gasteiger partial charge in [0.25, 0.3) is 0 Å². The molecule has 4 nitrogen and oxygen atoms in total. The van der Waals surface area contributed by atoms with Crippen molar-refractivity contribution in [1.82, 2.24) is 14.9 Å². The zero-order valence-corrected chi connectivity index (χ0v) is 9.87. The Hall–Kier alpha value is -1.94. The van der Waals surface area contributed by atoms with Crippen LogP contribution in [0, 0.1) is 0 Å². The summed E-state index contributed by atoms with van der Waals surface area (Å²) >= 11 is 0. The summed E-state index contributed by atoms with van der Waals surface area (Å²) in [6, 6.07) is 9.76. The first-order chi connectivity index (χ1) is 8.24. The molecule has 2 aromatic heterocycles. The molecule has 4 heteroatoms. The normalized spacial score (nSPS) is 10.7. The molecule has 0 amide bonds. The maximum absolute atomic E-state index is 5.59. The molecule has 2 N–H and O–H groups in total. The first kappa shape index (κ1) is 11.5. The van der Waals surface area contributed by atoms with Crippen LogP contribution in [0.3, 0.4) is 0 Å². The van der Waals surface area contributed by atoms with Gasteiger partial charge in [-0.2, -0.15) is 0 Å². The molecule has 2 heterocycles. The molecule has 0 atom stereocenters. The number of aromatic nitrogens is 2. The van der Waals surface area contributed by atoms with Crippen molar-refractivity contribution in [2.45, 2.75) is 13.1 Å². The van der Waals surface area contributed by atoms with Crippen LogP contribution in [-0.2, 0) is 13.1 Å². The number of pyridine rings is 2. The third-order valence-corrected chi connectivity index (χ3v) is 2.44. The maximum Gasteiger partial charge on any atom is 0.0545 e. The highest BCUT2D eigenvalue weighted by molar-refractivity contribution is 5.34. The molecule has 0 unspecified atom stereocenters. The number of nitrogen functional groups attached to an aromatic ring is 1. The molecule has 0 aliphatic rings. The van der Waals surface area contributed by atoms with Crippen molar-refractivity contribution in [2.24, 2.45) is 0 Å². The fourth-order valence-corrected chi connectivity index (χ4v) is 1.63. The van der Waals surface area contributed by atoms with Crippen LogP contribution in [-0.4, -0.2) is 21.9 Å². The summed E-state index contributed by atoms with van der Waals surface area (Å²) in [5.74, 6) is 0. The van der Waals surface area contributed by atoms with Gasteiger partial charge in [0.2, 0.25) is 0 Å². The van der Waals surface area contributed by atoms with E-state index < -0.39 is 0 Å².